The van der Waals surface area contributed by atoms with Gasteiger partial charge in [0, 0.05) is 0 Å². The minimum absolute atomic E-state index is 1.25. The standard InChI is InChI=1S/C11H17.Hf/c1-3-5-6-11-8-7-10(4-2)9-11;/h9H,3-7H2,1-2H3;. The molecule has 0 aromatic carbocycles. The Kier molecular flexibility index (Phi) is 4.49. The molecule has 65 valence electrons. The predicted octanol–water partition coefficient (Wildman–Crippen LogP) is 3.72. The average Bonchev–Trinajstić information content (AvgIpc) is 2.43. The summed E-state index contributed by atoms with van der Waals surface area (Å²) in [6, 6.07) is 0. The first-order chi connectivity index (χ1) is 5.77. The van der Waals surface area contributed by atoms with Crippen molar-refractivity contribution in [3.8, 4) is 0 Å². The summed E-state index contributed by atoms with van der Waals surface area (Å²) in [4.78, 5) is 0. The van der Waals surface area contributed by atoms with E-state index < -0.39 is 0 Å². The Morgan fingerprint density at radius 1 is 1.42 bits per heavy atom. The van der Waals surface area contributed by atoms with E-state index in [1.54, 1.807) is 14.5 Å². The van der Waals surface area contributed by atoms with Crippen molar-refractivity contribution in [1.82, 2.24) is 0 Å². The van der Waals surface area contributed by atoms with Crippen molar-refractivity contribution in [2.24, 2.45) is 0 Å². The van der Waals surface area contributed by atoms with Gasteiger partial charge >= 0.3 is 90.9 Å². The zero-order chi connectivity index (χ0) is 8.97. The van der Waals surface area contributed by atoms with Gasteiger partial charge in [-0.05, 0) is 0 Å². The molecule has 0 aromatic rings. The Hall–Kier alpha value is 0.350. The first-order valence-corrected chi connectivity index (χ1v) is 6.70. The molecule has 0 amide bonds. The first-order valence-electron chi connectivity index (χ1n) is 4.91. The quantitative estimate of drug-likeness (QED) is 0.690. The van der Waals surface area contributed by atoms with Gasteiger partial charge in [-0.15, -0.1) is 0 Å². The SMILES string of the molecule is CCCCC1=[C]([Hf])CC(CC)=C1. The van der Waals surface area contributed by atoms with E-state index in [0.29, 0.717) is 0 Å². The van der Waals surface area contributed by atoms with Crippen LogP contribution in [0.4, 0.5) is 0 Å². The normalized spacial score (nSPS) is 16.9. The van der Waals surface area contributed by atoms with Crippen molar-refractivity contribution in [3.63, 3.8) is 0 Å². The summed E-state index contributed by atoms with van der Waals surface area (Å²) in [5.74, 6) is 0. The van der Waals surface area contributed by atoms with Crippen LogP contribution in [0.5, 0.6) is 0 Å². The van der Waals surface area contributed by atoms with E-state index in [2.05, 4.69) is 19.9 Å². The van der Waals surface area contributed by atoms with Crippen LogP contribution < -0.4 is 0 Å². The van der Waals surface area contributed by atoms with E-state index in [1.807, 2.05) is 0 Å². The second-order valence-electron chi connectivity index (χ2n) is 3.44. The van der Waals surface area contributed by atoms with Crippen LogP contribution in [0.2, 0.25) is 0 Å². The van der Waals surface area contributed by atoms with E-state index in [4.69, 9.17) is 0 Å². The molecule has 0 bridgehead atoms. The van der Waals surface area contributed by atoms with Gasteiger partial charge in [0.25, 0.3) is 0 Å². The molecular formula is C11H17Hf. The molecule has 0 heterocycles. The fraction of sp³-hybridized carbons (Fsp3) is 0.636. The molecule has 12 heavy (non-hydrogen) atoms. The molecule has 0 spiro atoms. The summed E-state index contributed by atoms with van der Waals surface area (Å²) in [6.45, 7) is 4.54. The molecule has 0 unspecified atom stereocenters. The monoisotopic (exact) mass is 329 g/mol. The third kappa shape index (κ3) is 2.69. The molecule has 1 rings (SSSR count). The maximum absolute atomic E-state index is 2.46. The second kappa shape index (κ2) is 5.16. The van der Waals surface area contributed by atoms with Gasteiger partial charge in [-0.3, -0.25) is 0 Å². The summed E-state index contributed by atoms with van der Waals surface area (Å²) >= 11 is 1.27. The van der Waals surface area contributed by atoms with Crippen molar-refractivity contribution in [1.29, 1.82) is 0 Å². The van der Waals surface area contributed by atoms with Gasteiger partial charge in [-0.25, -0.2) is 0 Å². The molecule has 0 aromatic heterocycles. The summed E-state index contributed by atoms with van der Waals surface area (Å²) in [7, 11) is 0. The fourth-order valence-electron chi connectivity index (χ4n) is 1.54. The molecule has 0 fully saturated rings. The Morgan fingerprint density at radius 3 is 2.67 bits per heavy atom. The van der Waals surface area contributed by atoms with Crippen LogP contribution in [0.15, 0.2) is 20.6 Å². The number of allylic oxidation sites excluding steroid dienone is 4. The number of rotatable bonds is 4. The van der Waals surface area contributed by atoms with Gasteiger partial charge in [0.2, 0.25) is 0 Å². The molecule has 0 aliphatic heterocycles. The van der Waals surface area contributed by atoms with Crippen molar-refractivity contribution in [3.05, 3.63) is 20.6 Å². The van der Waals surface area contributed by atoms with Crippen LogP contribution >= 0.6 is 0 Å². The zero-order valence-corrected chi connectivity index (χ0v) is 11.7. The van der Waals surface area contributed by atoms with E-state index in [9.17, 15) is 0 Å². The molecule has 0 radical (unpaired) electrons. The van der Waals surface area contributed by atoms with E-state index in [-0.39, 0.29) is 0 Å². The predicted molar refractivity (Wildman–Crippen MR) is 49.5 cm³/mol. The van der Waals surface area contributed by atoms with Gasteiger partial charge in [0.05, 0.1) is 0 Å². The van der Waals surface area contributed by atoms with Crippen LogP contribution in [0, 0.1) is 0 Å². The van der Waals surface area contributed by atoms with Gasteiger partial charge < -0.3 is 0 Å². The van der Waals surface area contributed by atoms with E-state index in [1.165, 1.54) is 56.5 Å². The second-order valence-corrected chi connectivity index (χ2v) is 5.61. The molecular weight excluding hydrogens is 311 g/mol. The van der Waals surface area contributed by atoms with Crippen LogP contribution in [-0.2, 0) is 24.4 Å². The van der Waals surface area contributed by atoms with Gasteiger partial charge in [-0.1, -0.05) is 0 Å². The Bertz CT molecular complexity index is 211. The summed E-state index contributed by atoms with van der Waals surface area (Å²) in [5, 5.41) is 0. The molecule has 0 saturated carbocycles. The van der Waals surface area contributed by atoms with Crippen molar-refractivity contribution < 1.29 is 24.4 Å². The maximum atomic E-state index is 2.46. The molecule has 0 N–H and O–H groups in total. The summed E-state index contributed by atoms with van der Waals surface area (Å²) < 4.78 is 1.75. The summed E-state index contributed by atoms with van der Waals surface area (Å²) in [5.41, 5.74) is 3.34. The Morgan fingerprint density at radius 2 is 2.17 bits per heavy atom. The number of unbranched alkanes of at least 4 members (excludes halogenated alkanes) is 1. The van der Waals surface area contributed by atoms with Gasteiger partial charge in [0.1, 0.15) is 0 Å². The van der Waals surface area contributed by atoms with Gasteiger partial charge in [-0.2, -0.15) is 0 Å². The molecule has 0 nitrogen and oxygen atoms in total. The van der Waals surface area contributed by atoms with E-state index >= 15 is 0 Å². The molecule has 0 saturated heterocycles. The molecule has 1 heteroatoms. The number of hydrogen-bond donors (Lipinski definition) is 0. The fourth-order valence-corrected chi connectivity index (χ4v) is 3.07. The Balaban J connectivity index is 2.50. The first kappa shape index (κ1) is 10.4. The van der Waals surface area contributed by atoms with Crippen molar-refractivity contribution >= 4 is 0 Å². The minimum atomic E-state index is 1.25. The van der Waals surface area contributed by atoms with Crippen molar-refractivity contribution in [2.75, 3.05) is 0 Å². The average molecular weight is 328 g/mol. The Labute approximate surface area is 90.7 Å². The topological polar surface area (TPSA) is 0 Å². The third-order valence-corrected chi connectivity index (χ3v) is 4.21. The zero-order valence-electron chi connectivity index (χ0n) is 8.11. The van der Waals surface area contributed by atoms with Crippen LogP contribution in [0.3, 0.4) is 0 Å². The van der Waals surface area contributed by atoms with Crippen LogP contribution in [-0.4, -0.2) is 0 Å². The molecule has 0 atom stereocenters. The molecule has 1 aliphatic carbocycles. The third-order valence-electron chi connectivity index (χ3n) is 2.42. The molecule has 1 aliphatic rings. The summed E-state index contributed by atoms with van der Waals surface area (Å²) in [6.07, 6.45) is 9.04. The van der Waals surface area contributed by atoms with Crippen LogP contribution in [0.1, 0.15) is 46.0 Å². The number of hydrogen-bond acceptors (Lipinski definition) is 0. The van der Waals surface area contributed by atoms with E-state index in [0.717, 1.165) is 0 Å². The van der Waals surface area contributed by atoms with Gasteiger partial charge in [0.15, 0.2) is 0 Å². The van der Waals surface area contributed by atoms with Crippen molar-refractivity contribution in [2.45, 2.75) is 46.0 Å². The van der Waals surface area contributed by atoms with Crippen LogP contribution in [0.25, 0.3) is 0 Å².